The Morgan fingerprint density at radius 2 is 1.88 bits per heavy atom. The summed E-state index contributed by atoms with van der Waals surface area (Å²) >= 11 is 0. The lowest BCUT2D eigenvalue weighted by Crippen LogP contribution is -2.31. The van der Waals surface area contributed by atoms with Gasteiger partial charge in [-0.2, -0.15) is 4.31 Å². The molecule has 162 valence electrons. The average Bonchev–Trinajstić information content (AvgIpc) is 3.40. The quantitative estimate of drug-likeness (QED) is 0.432. The van der Waals surface area contributed by atoms with Crippen LogP contribution in [-0.2, 0) is 16.6 Å². The highest BCUT2D eigenvalue weighted by Gasteiger charge is 2.38. The summed E-state index contributed by atoms with van der Waals surface area (Å²) in [6.07, 6.45) is 0. The average molecular weight is 449 g/mol. The van der Waals surface area contributed by atoms with E-state index in [9.17, 15) is 18.3 Å². The van der Waals surface area contributed by atoms with E-state index in [4.69, 9.17) is 5.73 Å². The van der Waals surface area contributed by atoms with E-state index in [0.29, 0.717) is 22.5 Å². The highest BCUT2D eigenvalue weighted by molar-refractivity contribution is 7.89. The van der Waals surface area contributed by atoms with Gasteiger partial charge in [0.05, 0.1) is 28.6 Å². The van der Waals surface area contributed by atoms with Crippen LogP contribution >= 0.6 is 0 Å². The standard InChI is InChI=1S/C23H20N4O4S/c24-22(29)15-7-10-19-20(11-15)26-23(25-19)14-5-8-17(9-6-14)32(30,31)27-12-16-3-1-2-4-18(16)21(27)13-28/h1-11,21,28H,12-13H2,(H2,24,29)(H,25,26)/t21-/m0/s1. The van der Waals surface area contributed by atoms with Crippen LogP contribution < -0.4 is 5.73 Å². The summed E-state index contributed by atoms with van der Waals surface area (Å²) in [4.78, 5) is 19.2. The molecule has 1 aliphatic heterocycles. The first-order chi connectivity index (χ1) is 15.4. The van der Waals surface area contributed by atoms with E-state index in [-0.39, 0.29) is 18.0 Å². The molecule has 8 nitrogen and oxygen atoms in total. The second-order valence-electron chi connectivity index (χ2n) is 7.65. The molecule has 0 saturated carbocycles. The van der Waals surface area contributed by atoms with Crippen molar-refractivity contribution in [2.75, 3.05) is 6.61 Å². The number of nitrogens with zero attached hydrogens (tertiary/aromatic N) is 2. The number of rotatable bonds is 5. The van der Waals surface area contributed by atoms with Crippen LogP contribution in [-0.4, -0.2) is 40.3 Å². The zero-order chi connectivity index (χ0) is 22.5. The molecule has 1 amide bonds. The van der Waals surface area contributed by atoms with Gasteiger partial charge in [-0.15, -0.1) is 0 Å². The van der Waals surface area contributed by atoms with Crippen LogP contribution in [0.2, 0.25) is 0 Å². The molecule has 0 aliphatic carbocycles. The molecule has 2 heterocycles. The Balaban J connectivity index is 1.46. The van der Waals surface area contributed by atoms with Gasteiger partial charge in [0.15, 0.2) is 0 Å². The minimum atomic E-state index is -3.82. The topological polar surface area (TPSA) is 129 Å². The number of sulfonamides is 1. The number of H-pyrrole nitrogens is 1. The molecule has 0 fully saturated rings. The second kappa shape index (κ2) is 7.56. The Morgan fingerprint density at radius 1 is 1.12 bits per heavy atom. The number of amides is 1. The largest absolute Gasteiger partial charge is 0.394 e. The summed E-state index contributed by atoms with van der Waals surface area (Å²) in [5.74, 6) is 0.0173. The van der Waals surface area contributed by atoms with Gasteiger partial charge >= 0.3 is 0 Å². The van der Waals surface area contributed by atoms with E-state index < -0.39 is 22.0 Å². The van der Waals surface area contributed by atoms with Crippen molar-refractivity contribution in [2.45, 2.75) is 17.5 Å². The normalized spacial score (nSPS) is 16.3. The summed E-state index contributed by atoms with van der Waals surface area (Å²) in [6, 6.07) is 18.2. The zero-order valence-corrected chi connectivity index (χ0v) is 17.7. The van der Waals surface area contributed by atoms with Crippen molar-refractivity contribution in [3.63, 3.8) is 0 Å². The van der Waals surface area contributed by atoms with E-state index in [1.54, 1.807) is 30.3 Å². The lowest BCUT2D eigenvalue weighted by atomic mass is 10.1. The summed E-state index contributed by atoms with van der Waals surface area (Å²) in [6.45, 7) is -0.0716. The molecular formula is C23H20N4O4S. The van der Waals surface area contributed by atoms with Crippen LogP contribution in [0.25, 0.3) is 22.4 Å². The first kappa shape index (κ1) is 20.4. The number of aromatic amines is 1. The van der Waals surface area contributed by atoms with Crippen molar-refractivity contribution in [1.82, 2.24) is 14.3 Å². The van der Waals surface area contributed by atoms with Crippen LogP contribution in [0.5, 0.6) is 0 Å². The third-order valence-electron chi connectivity index (χ3n) is 5.76. The maximum absolute atomic E-state index is 13.3. The van der Waals surface area contributed by atoms with E-state index in [1.807, 2.05) is 24.3 Å². The number of aliphatic hydroxyl groups is 1. The Kier molecular flexibility index (Phi) is 4.81. The number of fused-ring (bicyclic) bond motifs is 2. The number of nitrogens with one attached hydrogen (secondary N) is 1. The molecule has 1 atom stereocenters. The minimum Gasteiger partial charge on any atom is -0.394 e. The molecule has 32 heavy (non-hydrogen) atoms. The van der Waals surface area contributed by atoms with Crippen molar-refractivity contribution in [2.24, 2.45) is 5.73 Å². The number of carbonyl (C=O) groups is 1. The molecule has 0 radical (unpaired) electrons. The van der Waals surface area contributed by atoms with Gasteiger partial charge in [-0.1, -0.05) is 24.3 Å². The van der Waals surface area contributed by atoms with Gasteiger partial charge in [-0.3, -0.25) is 4.79 Å². The first-order valence-corrected chi connectivity index (χ1v) is 11.4. The lowest BCUT2D eigenvalue weighted by Gasteiger charge is -2.23. The van der Waals surface area contributed by atoms with Crippen LogP contribution in [0.1, 0.15) is 27.5 Å². The monoisotopic (exact) mass is 448 g/mol. The van der Waals surface area contributed by atoms with Crippen molar-refractivity contribution in [3.05, 3.63) is 83.4 Å². The van der Waals surface area contributed by atoms with E-state index in [2.05, 4.69) is 9.97 Å². The molecule has 0 spiro atoms. The van der Waals surface area contributed by atoms with Crippen LogP contribution in [0, 0.1) is 0 Å². The molecule has 4 N–H and O–H groups in total. The van der Waals surface area contributed by atoms with Gasteiger partial charge in [0.2, 0.25) is 15.9 Å². The molecule has 4 aromatic rings. The zero-order valence-electron chi connectivity index (χ0n) is 16.9. The van der Waals surface area contributed by atoms with E-state index in [0.717, 1.165) is 16.6 Å². The Bertz CT molecular complexity index is 1440. The number of nitrogens with two attached hydrogens (primary N) is 1. The van der Waals surface area contributed by atoms with E-state index in [1.165, 1.54) is 16.4 Å². The number of carbonyl (C=O) groups excluding carboxylic acids is 1. The lowest BCUT2D eigenvalue weighted by molar-refractivity contribution is 0.100. The smallest absolute Gasteiger partial charge is 0.248 e. The Labute approximate surface area is 184 Å². The molecule has 0 unspecified atom stereocenters. The van der Waals surface area contributed by atoms with Gasteiger partial charge < -0.3 is 15.8 Å². The predicted molar refractivity (Wildman–Crippen MR) is 119 cm³/mol. The number of imidazole rings is 1. The highest BCUT2D eigenvalue weighted by Crippen LogP contribution is 2.37. The Hall–Kier alpha value is -3.53. The molecule has 9 heteroatoms. The molecule has 5 rings (SSSR count). The van der Waals surface area contributed by atoms with Gasteiger partial charge in [0.1, 0.15) is 5.82 Å². The summed E-state index contributed by atoms with van der Waals surface area (Å²) < 4.78 is 28.0. The van der Waals surface area contributed by atoms with Gasteiger partial charge in [0.25, 0.3) is 0 Å². The highest BCUT2D eigenvalue weighted by atomic mass is 32.2. The van der Waals surface area contributed by atoms with Gasteiger partial charge in [0, 0.05) is 17.7 Å². The summed E-state index contributed by atoms with van der Waals surface area (Å²) in [5, 5.41) is 9.86. The molecule has 1 aliphatic rings. The van der Waals surface area contributed by atoms with Crippen molar-refractivity contribution in [1.29, 1.82) is 0 Å². The molecule has 3 aromatic carbocycles. The number of aromatic nitrogens is 2. The third-order valence-corrected chi connectivity index (χ3v) is 7.63. The molecule has 1 aromatic heterocycles. The van der Waals surface area contributed by atoms with Crippen molar-refractivity contribution >= 4 is 27.0 Å². The summed E-state index contributed by atoms with van der Waals surface area (Å²) in [7, 11) is -3.82. The van der Waals surface area contributed by atoms with E-state index >= 15 is 0 Å². The number of primary amides is 1. The minimum absolute atomic E-state index is 0.139. The second-order valence-corrected chi connectivity index (χ2v) is 9.54. The van der Waals surface area contributed by atoms with Crippen LogP contribution in [0.4, 0.5) is 0 Å². The van der Waals surface area contributed by atoms with Gasteiger partial charge in [-0.05, 0) is 53.6 Å². The maximum atomic E-state index is 13.3. The fourth-order valence-corrected chi connectivity index (χ4v) is 5.67. The molecule has 0 saturated heterocycles. The maximum Gasteiger partial charge on any atom is 0.248 e. The number of aliphatic hydroxyl groups excluding tert-OH is 1. The Morgan fingerprint density at radius 3 is 2.59 bits per heavy atom. The third kappa shape index (κ3) is 3.27. The molecule has 0 bridgehead atoms. The predicted octanol–water partition coefficient (Wildman–Crippen LogP) is 2.57. The van der Waals surface area contributed by atoms with Gasteiger partial charge in [-0.25, -0.2) is 13.4 Å². The number of benzene rings is 3. The van der Waals surface area contributed by atoms with Crippen molar-refractivity contribution in [3.8, 4) is 11.4 Å². The summed E-state index contributed by atoms with van der Waals surface area (Å²) in [5.41, 5.74) is 9.44. The fraction of sp³-hybridized carbons (Fsp3) is 0.130. The number of hydrogen-bond donors (Lipinski definition) is 3. The first-order valence-electron chi connectivity index (χ1n) is 9.99. The van der Waals surface area contributed by atoms with Crippen molar-refractivity contribution < 1.29 is 18.3 Å². The SMILES string of the molecule is NC(=O)c1ccc2[nH]c(-c3ccc(S(=O)(=O)N4Cc5ccccc5[C@@H]4CO)cc3)nc2c1. The van der Waals surface area contributed by atoms with Crippen LogP contribution in [0.3, 0.4) is 0 Å². The number of hydrogen-bond acceptors (Lipinski definition) is 5. The fourth-order valence-electron chi connectivity index (χ4n) is 4.09. The van der Waals surface area contributed by atoms with Crippen LogP contribution in [0.15, 0.2) is 71.6 Å². The molecular weight excluding hydrogens is 428 g/mol.